The predicted molar refractivity (Wildman–Crippen MR) is 148 cm³/mol. The molecular formula is C33H48O2. The molecule has 2 heteroatoms. The molecule has 0 amide bonds. The van der Waals surface area contributed by atoms with Crippen LogP contribution in [0.25, 0.3) is 11.1 Å². The van der Waals surface area contributed by atoms with Crippen LogP contribution in [-0.4, -0.2) is 19.3 Å². The van der Waals surface area contributed by atoms with Crippen LogP contribution in [0.4, 0.5) is 0 Å². The van der Waals surface area contributed by atoms with Crippen molar-refractivity contribution in [2.45, 2.75) is 115 Å². The predicted octanol–water partition coefficient (Wildman–Crippen LogP) is 9.63. The Morgan fingerprint density at radius 2 is 1.20 bits per heavy atom. The largest absolute Gasteiger partial charge is 0.373 e. The van der Waals surface area contributed by atoms with Crippen molar-refractivity contribution in [2.24, 2.45) is 5.92 Å². The maximum absolute atomic E-state index is 6.15. The number of hydrogen-bond donors (Lipinski definition) is 0. The first kappa shape index (κ1) is 26.4. The Morgan fingerprint density at radius 3 is 1.80 bits per heavy atom. The molecule has 2 atom stereocenters. The van der Waals surface area contributed by atoms with Gasteiger partial charge in [-0.05, 0) is 66.2 Å². The number of unbranched alkanes of at least 4 members (excludes halogenated alkanes) is 5. The summed E-state index contributed by atoms with van der Waals surface area (Å²) in [4.78, 5) is 0. The van der Waals surface area contributed by atoms with Crippen molar-refractivity contribution in [3.63, 3.8) is 0 Å². The Kier molecular flexibility index (Phi) is 10.7. The summed E-state index contributed by atoms with van der Waals surface area (Å²) in [5.41, 5.74) is 5.35. The van der Waals surface area contributed by atoms with Crippen LogP contribution < -0.4 is 0 Å². The second kappa shape index (κ2) is 14.2. The minimum Gasteiger partial charge on any atom is -0.373 e. The summed E-state index contributed by atoms with van der Waals surface area (Å²) in [6.45, 7) is 5.94. The highest BCUT2D eigenvalue weighted by Gasteiger charge is 2.24. The lowest BCUT2D eigenvalue weighted by Gasteiger charge is -2.30. The van der Waals surface area contributed by atoms with E-state index in [4.69, 9.17) is 9.47 Å². The van der Waals surface area contributed by atoms with E-state index in [2.05, 4.69) is 62.4 Å². The molecule has 4 rings (SSSR count). The van der Waals surface area contributed by atoms with Crippen LogP contribution in [0.3, 0.4) is 0 Å². The molecule has 1 saturated heterocycles. The third kappa shape index (κ3) is 7.92. The van der Waals surface area contributed by atoms with E-state index in [1.165, 1.54) is 99.3 Å². The standard InChI is InChI=1S/C33H48O2/c1-3-5-7-9-10-26-12-14-27(15-13-26)28-16-18-29(19-17-28)30-20-22-31(23-21-30)33-25-34-32(24-35-33)11-8-6-4-2/h16-23,26-27,32-33H,3-15,24-25H2,1-2H3/t26-,27-,32-,33-/m0/s1. The average molecular weight is 477 g/mol. The fourth-order valence-electron chi connectivity index (χ4n) is 6.01. The summed E-state index contributed by atoms with van der Waals surface area (Å²) in [5, 5.41) is 0. The summed E-state index contributed by atoms with van der Waals surface area (Å²) in [7, 11) is 0. The quantitative estimate of drug-likeness (QED) is 0.284. The van der Waals surface area contributed by atoms with Gasteiger partial charge in [0.05, 0.1) is 19.3 Å². The fourth-order valence-corrected chi connectivity index (χ4v) is 6.01. The zero-order chi connectivity index (χ0) is 24.3. The molecular weight excluding hydrogens is 428 g/mol. The molecule has 1 aliphatic heterocycles. The van der Waals surface area contributed by atoms with Crippen LogP contribution >= 0.6 is 0 Å². The van der Waals surface area contributed by atoms with Crippen molar-refractivity contribution in [3.8, 4) is 11.1 Å². The van der Waals surface area contributed by atoms with Crippen molar-refractivity contribution < 1.29 is 9.47 Å². The lowest BCUT2D eigenvalue weighted by molar-refractivity contribution is -0.137. The van der Waals surface area contributed by atoms with Crippen LogP contribution in [0.5, 0.6) is 0 Å². The Labute approximate surface area is 214 Å². The van der Waals surface area contributed by atoms with E-state index in [1.807, 2.05) is 0 Å². The van der Waals surface area contributed by atoms with Gasteiger partial charge in [-0.2, -0.15) is 0 Å². The van der Waals surface area contributed by atoms with Gasteiger partial charge in [-0.25, -0.2) is 0 Å². The van der Waals surface area contributed by atoms with E-state index in [0.29, 0.717) is 6.61 Å². The minimum absolute atomic E-state index is 0.0654. The smallest absolute Gasteiger partial charge is 0.106 e. The zero-order valence-electron chi connectivity index (χ0n) is 22.4. The van der Waals surface area contributed by atoms with Gasteiger partial charge < -0.3 is 9.47 Å². The number of ether oxygens (including phenoxy) is 2. The summed E-state index contributed by atoms with van der Waals surface area (Å²) < 4.78 is 12.2. The van der Waals surface area contributed by atoms with Crippen LogP contribution in [-0.2, 0) is 9.47 Å². The Balaban J connectivity index is 1.23. The van der Waals surface area contributed by atoms with Gasteiger partial charge in [0.2, 0.25) is 0 Å². The molecule has 0 N–H and O–H groups in total. The Hall–Kier alpha value is -1.64. The van der Waals surface area contributed by atoms with Crippen molar-refractivity contribution in [3.05, 3.63) is 59.7 Å². The highest BCUT2D eigenvalue weighted by Crippen LogP contribution is 2.38. The third-order valence-corrected chi connectivity index (χ3v) is 8.41. The first-order valence-corrected chi connectivity index (χ1v) is 14.7. The summed E-state index contributed by atoms with van der Waals surface area (Å²) >= 11 is 0. The molecule has 1 heterocycles. The van der Waals surface area contributed by atoms with Gasteiger partial charge in [-0.15, -0.1) is 0 Å². The minimum atomic E-state index is 0.0654. The van der Waals surface area contributed by atoms with E-state index in [9.17, 15) is 0 Å². The monoisotopic (exact) mass is 476 g/mol. The van der Waals surface area contributed by atoms with Crippen LogP contribution in [0.2, 0.25) is 0 Å². The van der Waals surface area contributed by atoms with Crippen molar-refractivity contribution >= 4 is 0 Å². The molecule has 1 saturated carbocycles. The van der Waals surface area contributed by atoms with E-state index >= 15 is 0 Å². The van der Waals surface area contributed by atoms with Gasteiger partial charge >= 0.3 is 0 Å². The molecule has 192 valence electrons. The molecule has 0 unspecified atom stereocenters. The SMILES string of the molecule is CCCCCC[C@H]1CC[C@H](c2ccc(-c3ccc([C@@H]4CO[C@@H](CCCCC)CO4)cc3)cc2)CC1. The van der Waals surface area contributed by atoms with Crippen molar-refractivity contribution in [1.82, 2.24) is 0 Å². The first-order valence-electron chi connectivity index (χ1n) is 14.7. The van der Waals surface area contributed by atoms with E-state index < -0.39 is 0 Å². The molecule has 35 heavy (non-hydrogen) atoms. The number of hydrogen-bond acceptors (Lipinski definition) is 2. The lowest BCUT2D eigenvalue weighted by Crippen LogP contribution is -2.31. The highest BCUT2D eigenvalue weighted by molar-refractivity contribution is 5.64. The van der Waals surface area contributed by atoms with E-state index in [0.717, 1.165) is 24.9 Å². The highest BCUT2D eigenvalue weighted by atomic mass is 16.6. The molecule has 2 aromatic carbocycles. The second-order valence-corrected chi connectivity index (χ2v) is 11.1. The van der Waals surface area contributed by atoms with Crippen LogP contribution in [0.1, 0.15) is 120 Å². The second-order valence-electron chi connectivity index (χ2n) is 11.1. The number of benzene rings is 2. The fraction of sp³-hybridized carbons (Fsp3) is 0.636. The van der Waals surface area contributed by atoms with Gasteiger partial charge in [-0.3, -0.25) is 0 Å². The van der Waals surface area contributed by atoms with Crippen molar-refractivity contribution in [1.29, 1.82) is 0 Å². The molecule has 0 bridgehead atoms. The van der Waals surface area contributed by atoms with Gasteiger partial charge in [0.15, 0.2) is 0 Å². The molecule has 2 fully saturated rings. The van der Waals surface area contributed by atoms with Crippen molar-refractivity contribution in [2.75, 3.05) is 13.2 Å². The Bertz CT molecular complexity index is 824. The first-order chi connectivity index (χ1) is 17.3. The summed E-state index contributed by atoms with van der Waals surface area (Å²) in [6.07, 6.45) is 17.9. The lowest BCUT2D eigenvalue weighted by atomic mass is 9.77. The molecule has 1 aliphatic carbocycles. The van der Waals surface area contributed by atoms with Gasteiger partial charge in [0.25, 0.3) is 0 Å². The van der Waals surface area contributed by atoms with Gasteiger partial charge in [0, 0.05) is 0 Å². The molecule has 0 spiro atoms. The van der Waals surface area contributed by atoms with Gasteiger partial charge in [0.1, 0.15) is 6.10 Å². The van der Waals surface area contributed by atoms with Crippen LogP contribution in [0.15, 0.2) is 48.5 Å². The molecule has 0 aromatic heterocycles. The normalized spacial score (nSPS) is 25.0. The average Bonchev–Trinajstić information content (AvgIpc) is 2.92. The molecule has 2 nitrogen and oxygen atoms in total. The number of rotatable bonds is 12. The van der Waals surface area contributed by atoms with Gasteiger partial charge in [-0.1, -0.05) is 114 Å². The third-order valence-electron chi connectivity index (χ3n) is 8.41. The molecule has 2 aromatic rings. The summed E-state index contributed by atoms with van der Waals surface area (Å²) in [5.74, 6) is 1.74. The zero-order valence-corrected chi connectivity index (χ0v) is 22.4. The summed E-state index contributed by atoms with van der Waals surface area (Å²) in [6, 6.07) is 18.3. The van der Waals surface area contributed by atoms with E-state index in [1.54, 1.807) is 0 Å². The Morgan fingerprint density at radius 1 is 0.600 bits per heavy atom. The maximum Gasteiger partial charge on any atom is 0.106 e. The topological polar surface area (TPSA) is 18.5 Å². The molecule has 2 aliphatic rings. The van der Waals surface area contributed by atoms with E-state index in [-0.39, 0.29) is 12.2 Å². The maximum atomic E-state index is 6.15. The molecule has 0 radical (unpaired) electrons. The van der Waals surface area contributed by atoms with Crippen LogP contribution in [0, 0.1) is 5.92 Å².